The minimum atomic E-state index is 0.692. The topological polar surface area (TPSA) is 38.4 Å². The SMILES string of the molecule is C=C1CN=C(N)SC1. The Hall–Kier alpha value is -0.440. The second-order valence-corrected chi connectivity index (χ2v) is 2.69. The predicted octanol–water partition coefficient (Wildman–Crippen LogP) is 0.604. The van der Waals surface area contributed by atoms with E-state index in [2.05, 4.69) is 11.6 Å². The van der Waals surface area contributed by atoms with Gasteiger partial charge >= 0.3 is 0 Å². The zero-order chi connectivity index (χ0) is 5.98. The van der Waals surface area contributed by atoms with E-state index in [1.807, 2.05) is 0 Å². The van der Waals surface area contributed by atoms with Gasteiger partial charge in [-0.3, -0.25) is 4.99 Å². The van der Waals surface area contributed by atoms with E-state index in [1.165, 1.54) is 0 Å². The van der Waals surface area contributed by atoms with Crippen molar-refractivity contribution in [1.82, 2.24) is 0 Å². The molecule has 0 spiro atoms. The van der Waals surface area contributed by atoms with Gasteiger partial charge in [-0.2, -0.15) is 0 Å². The van der Waals surface area contributed by atoms with Crippen LogP contribution in [0.15, 0.2) is 17.1 Å². The molecule has 44 valence electrons. The Morgan fingerprint density at radius 3 is 2.88 bits per heavy atom. The van der Waals surface area contributed by atoms with E-state index >= 15 is 0 Å². The molecule has 0 saturated carbocycles. The van der Waals surface area contributed by atoms with E-state index in [1.54, 1.807) is 11.8 Å². The number of nitrogens with two attached hydrogens (primary N) is 1. The Labute approximate surface area is 52.9 Å². The molecule has 0 aliphatic carbocycles. The lowest BCUT2D eigenvalue weighted by Crippen LogP contribution is -2.13. The third-order valence-electron chi connectivity index (χ3n) is 0.883. The lowest BCUT2D eigenvalue weighted by Gasteiger charge is -2.07. The highest BCUT2D eigenvalue weighted by molar-refractivity contribution is 8.14. The fraction of sp³-hybridized carbons (Fsp3) is 0.400. The Bertz CT molecular complexity index is 139. The molecule has 1 rings (SSSR count). The van der Waals surface area contributed by atoms with Crippen LogP contribution in [0, 0.1) is 0 Å². The van der Waals surface area contributed by atoms with Gasteiger partial charge in [0, 0.05) is 5.75 Å². The third-order valence-corrected chi connectivity index (χ3v) is 1.86. The van der Waals surface area contributed by atoms with Crippen molar-refractivity contribution in [2.75, 3.05) is 12.3 Å². The van der Waals surface area contributed by atoms with E-state index in [4.69, 9.17) is 5.73 Å². The number of hydrogen-bond acceptors (Lipinski definition) is 3. The summed E-state index contributed by atoms with van der Waals surface area (Å²) in [6, 6.07) is 0. The summed E-state index contributed by atoms with van der Waals surface area (Å²) >= 11 is 1.55. The van der Waals surface area contributed by atoms with Gasteiger partial charge in [0.25, 0.3) is 0 Å². The molecular weight excluding hydrogens is 120 g/mol. The number of thioether (sulfide) groups is 1. The van der Waals surface area contributed by atoms with Crippen molar-refractivity contribution in [3.05, 3.63) is 12.2 Å². The molecule has 0 aromatic heterocycles. The molecule has 0 amide bonds. The first-order valence-electron chi connectivity index (χ1n) is 2.38. The molecule has 0 saturated heterocycles. The zero-order valence-corrected chi connectivity index (χ0v) is 5.37. The average Bonchev–Trinajstić information content (AvgIpc) is 1.77. The van der Waals surface area contributed by atoms with Gasteiger partial charge in [0.1, 0.15) is 0 Å². The van der Waals surface area contributed by atoms with E-state index in [9.17, 15) is 0 Å². The number of aliphatic imine (C=N–C) groups is 1. The molecule has 3 heteroatoms. The van der Waals surface area contributed by atoms with Gasteiger partial charge in [0.15, 0.2) is 5.17 Å². The highest BCUT2D eigenvalue weighted by Gasteiger charge is 2.02. The molecule has 1 heterocycles. The number of rotatable bonds is 0. The third kappa shape index (κ3) is 1.26. The molecule has 0 atom stereocenters. The standard InChI is InChI=1S/C5H8N2S/c1-4-2-7-5(6)8-3-4/h1-3H2,(H2,6,7). The van der Waals surface area contributed by atoms with Crippen LogP contribution in [-0.2, 0) is 0 Å². The van der Waals surface area contributed by atoms with Crippen LogP contribution in [0.25, 0.3) is 0 Å². The van der Waals surface area contributed by atoms with E-state index in [0.717, 1.165) is 17.9 Å². The van der Waals surface area contributed by atoms with E-state index in [0.29, 0.717) is 5.17 Å². The molecule has 8 heavy (non-hydrogen) atoms. The van der Waals surface area contributed by atoms with E-state index in [-0.39, 0.29) is 0 Å². The molecule has 2 N–H and O–H groups in total. The Kier molecular flexibility index (Phi) is 1.58. The van der Waals surface area contributed by atoms with E-state index < -0.39 is 0 Å². The number of hydrogen-bond donors (Lipinski definition) is 1. The van der Waals surface area contributed by atoms with Gasteiger partial charge in [-0.15, -0.1) is 0 Å². The monoisotopic (exact) mass is 128 g/mol. The molecule has 1 aliphatic rings. The normalized spacial score (nSPS) is 20.5. The largest absolute Gasteiger partial charge is 0.379 e. The van der Waals surface area contributed by atoms with Crippen molar-refractivity contribution in [3.63, 3.8) is 0 Å². The molecule has 1 aliphatic heterocycles. The Morgan fingerprint density at radius 1 is 1.75 bits per heavy atom. The van der Waals surface area contributed by atoms with Gasteiger partial charge in [-0.1, -0.05) is 18.3 Å². The maximum atomic E-state index is 5.37. The van der Waals surface area contributed by atoms with Crippen LogP contribution in [0.1, 0.15) is 0 Å². The summed E-state index contributed by atoms with van der Waals surface area (Å²) in [5.74, 6) is 0.940. The molecule has 2 nitrogen and oxygen atoms in total. The minimum Gasteiger partial charge on any atom is -0.379 e. The van der Waals surface area contributed by atoms with Crippen LogP contribution in [0.4, 0.5) is 0 Å². The van der Waals surface area contributed by atoms with Crippen molar-refractivity contribution in [2.24, 2.45) is 10.7 Å². The average molecular weight is 128 g/mol. The van der Waals surface area contributed by atoms with Gasteiger partial charge in [-0.05, 0) is 5.57 Å². The first-order chi connectivity index (χ1) is 3.79. The smallest absolute Gasteiger partial charge is 0.154 e. The molecule has 0 aromatic carbocycles. The minimum absolute atomic E-state index is 0.692. The van der Waals surface area contributed by atoms with Crippen LogP contribution < -0.4 is 5.73 Å². The van der Waals surface area contributed by atoms with Crippen LogP contribution in [-0.4, -0.2) is 17.5 Å². The Morgan fingerprint density at radius 2 is 2.50 bits per heavy atom. The quantitative estimate of drug-likeness (QED) is 0.485. The maximum absolute atomic E-state index is 5.37. The second kappa shape index (κ2) is 2.22. The van der Waals surface area contributed by atoms with Gasteiger partial charge < -0.3 is 5.73 Å². The van der Waals surface area contributed by atoms with Gasteiger partial charge in [0.05, 0.1) is 6.54 Å². The van der Waals surface area contributed by atoms with Crippen molar-refractivity contribution < 1.29 is 0 Å². The summed E-state index contributed by atoms with van der Waals surface area (Å²) in [6.45, 7) is 4.49. The molecule has 0 fully saturated rings. The van der Waals surface area contributed by atoms with Crippen LogP contribution >= 0.6 is 11.8 Å². The molecule has 0 unspecified atom stereocenters. The van der Waals surface area contributed by atoms with Crippen molar-refractivity contribution in [2.45, 2.75) is 0 Å². The fourth-order valence-electron chi connectivity index (χ4n) is 0.457. The summed E-state index contributed by atoms with van der Waals surface area (Å²) in [5.41, 5.74) is 6.53. The summed E-state index contributed by atoms with van der Waals surface area (Å²) in [4.78, 5) is 3.97. The molecule has 0 aromatic rings. The summed E-state index contributed by atoms with van der Waals surface area (Å²) < 4.78 is 0. The number of nitrogens with zero attached hydrogens (tertiary/aromatic N) is 1. The van der Waals surface area contributed by atoms with Gasteiger partial charge in [-0.25, -0.2) is 0 Å². The second-order valence-electron chi connectivity index (χ2n) is 1.69. The highest BCUT2D eigenvalue weighted by atomic mass is 32.2. The fourth-order valence-corrected chi connectivity index (χ4v) is 1.06. The lowest BCUT2D eigenvalue weighted by atomic mass is 10.3. The summed E-state index contributed by atoms with van der Waals surface area (Å²) in [5, 5.41) is 0.692. The van der Waals surface area contributed by atoms with Crippen LogP contribution in [0.2, 0.25) is 0 Å². The maximum Gasteiger partial charge on any atom is 0.154 e. The van der Waals surface area contributed by atoms with Crippen LogP contribution in [0.5, 0.6) is 0 Å². The Balaban J connectivity index is 2.55. The van der Waals surface area contributed by atoms with Crippen molar-refractivity contribution in [3.8, 4) is 0 Å². The lowest BCUT2D eigenvalue weighted by molar-refractivity contribution is 1.14. The zero-order valence-electron chi connectivity index (χ0n) is 4.55. The predicted molar refractivity (Wildman–Crippen MR) is 38.1 cm³/mol. The molecular formula is C5H8N2S. The first kappa shape index (κ1) is 5.69. The van der Waals surface area contributed by atoms with Gasteiger partial charge in [0.2, 0.25) is 0 Å². The molecule has 0 radical (unpaired) electrons. The molecule has 0 bridgehead atoms. The van der Waals surface area contributed by atoms with Crippen molar-refractivity contribution in [1.29, 1.82) is 0 Å². The summed E-state index contributed by atoms with van der Waals surface area (Å²) in [6.07, 6.45) is 0. The van der Waals surface area contributed by atoms with Crippen molar-refractivity contribution >= 4 is 16.9 Å². The summed E-state index contributed by atoms with van der Waals surface area (Å²) in [7, 11) is 0. The first-order valence-corrected chi connectivity index (χ1v) is 3.37. The number of amidine groups is 1. The highest BCUT2D eigenvalue weighted by Crippen LogP contribution is 2.11. The van der Waals surface area contributed by atoms with Crippen LogP contribution in [0.3, 0.4) is 0 Å².